The Labute approximate surface area is 153 Å². The summed E-state index contributed by atoms with van der Waals surface area (Å²) >= 11 is 2.05. The van der Waals surface area contributed by atoms with Crippen LogP contribution in [-0.4, -0.2) is 16.9 Å². The fourth-order valence-electron chi connectivity index (χ4n) is 2.90. The predicted octanol–water partition coefficient (Wildman–Crippen LogP) is 4.59. The van der Waals surface area contributed by atoms with Gasteiger partial charge in [-0.15, -0.1) is 0 Å². The number of ketones is 1. The summed E-state index contributed by atoms with van der Waals surface area (Å²) in [5, 5.41) is 12.5. The highest BCUT2D eigenvalue weighted by Gasteiger charge is 2.28. The molecule has 122 valence electrons. The van der Waals surface area contributed by atoms with Gasteiger partial charge in [0.25, 0.3) is 0 Å². The minimum atomic E-state index is -0.990. The number of hydrogen-bond donors (Lipinski definition) is 2. The third-order valence-electron chi connectivity index (χ3n) is 4.11. The Morgan fingerprint density at radius 3 is 2.42 bits per heavy atom. The first-order valence-corrected chi connectivity index (χ1v) is 8.70. The van der Waals surface area contributed by atoms with Gasteiger partial charge < -0.3 is 10.4 Å². The van der Waals surface area contributed by atoms with Crippen molar-refractivity contribution < 1.29 is 14.7 Å². The lowest BCUT2D eigenvalue weighted by atomic mass is 9.85. The number of anilines is 1. The Bertz CT molecular complexity index is 814. The number of nitrogens with one attached hydrogen (secondary N) is 1. The van der Waals surface area contributed by atoms with E-state index in [0.717, 1.165) is 11.3 Å². The van der Waals surface area contributed by atoms with Gasteiger partial charge in [0, 0.05) is 12.1 Å². The topological polar surface area (TPSA) is 66.4 Å². The molecule has 2 aromatic rings. The van der Waals surface area contributed by atoms with Crippen molar-refractivity contribution in [2.24, 2.45) is 0 Å². The summed E-state index contributed by atoms with van der Waals surface area (Å²) in [6.07, 6.45) is 1.16. The van der Waals surface area contributed by atoms with Crippen molar-refractivity contribution in [3.05, 3.63) is 75.0 Å². The van der Waals surface area contributed by atoms with Gasteiger partial charge in [0.1, 0.15) is 0 Å². The van der Waals surface area contributed by atoms with E-state index in [1.165, 1.54) is 0 Å². The van der Waals surface area contributed by atoms with Gasteiger partial charge in [-0.25, -0.2) is 4.79 Å². The van der Waals surface area contributed by atoms with Gasteiger partial charge in [-0.05, 0) is 52.6 Å². The summed E-state index contributed by atoms with van der Waals surface area (Å²) in [5.41, 5.74) is 2.62. The molecular formula is C19H16INO3. The molecule has 1 unspecified atom stereocenters. The van der Waals surface area contributed by atoms with E-state index in [1.54, 1.807) is 24.3 Å². The average Bonchev–Trinajstić information content (AvgIpc) is 2.60. The van der Waals surface area contributed by atoms with E-state index < -0.39 is 5.97 Å². The maximum atomic E-state index is 12.4. The molecule has 0 spiro atoms. The second-order valence-corrected chi connectivity index (χ2v) is 6.79. The molecule has 0 bridgehead atoms. The van der Waals surface area contributed by atoms with Crippen LogP contribution in [-0.2, 0) is 4.79 Å². The van der Waals surface area contributed by atoms with Crippen LogP contribution >= 0.6 is 22.6 Å². The zero-order valence-corrected chi connectivity index (χ0v) is 15.0. The number of benzene rings is 2. The Balaban J connectivity index is 1.91. The summed E-state index contributed by atoms with van der Waals surface area (Å²) in [6.45, 7) is 0. The fraction of sp³-hybridized carbons (Fsp3) is 0.158. The van der Waals surface area contributed by atoms with Gasteiger partial charge in [-0.1, -0.05) is 42.5 Å². The number of carbonyl (C=O) groups excluding carboxylic acids is 1. The molecule has 1 atom stereocenters. The van der Waals surface area contributed by atoms with Crippen LogP contribution in [0.4, 0.5) is 5.69 Å². The van der Waals surface area contributed by atoms with Crippen LogP contribution in [0.25, 0.3) is 0 Å². The standard InChI is InChI=1S/C19H16INO3/c20-18-16(21-15-9-5-4-8-14(15)19(23)24)10-13(11-17(18)22)12-6-2-1-3-7-12/h1-9,13,21H,10-11H2,(H,23,24). The number of carboxylic acids is 1. The van der Waals surface area contributed by atoms with Crippen LogP contribution in [0.2, 0.25) is 0 Å². The second-order valence-electron chi connectivity index (χ2n) is 5.71. The number of carbonyl (C=O) groups is 2. The number of carboxylic acid groups (broad SMARTS) is 1. The van der Waals surface area contributed by atoms with Gasteiger partial charge in [-0.3, -0.25) is 4.79 Å². The van der Waals surface area contributed by atoms with Crippen molar-refractivity contribution in [1.29, 1.82) is 0 Å². The largest absolute Gasteiger partial charge is 0.478 e. The highest BCUT2D eigenvalue weighted by Crippen LogP contribution is 2.37. The number of allylic oxidation sites excluding steroid dienone is 2. The quantitative estimate of drug-likeness (QED) is 0.693. The number of rotatable bonds is 4. The molecule has 0 saturated heterocycles. The lowest BCUT2D eigenvalue weighted by Crippen LogP contribution is -2.20. The lowest BCUT2D eigenvalue weighted by molar-refractivity contribution is -0.115. The summed E-state index contributed by atoms with van der Waals surface area (Å²) in [5.74, 6) is -0.793. The van der Waals surface area contributed by atoms with E-state index in [0.29, 0.717) is 22.1 Å². The minimum Gasteiger partial charge on any atom is -0.478 e. The van der Waals surface area contributed by atoms with Crippen molar-refractivity contribution in [3.8, 4) is 0 Å². The van der Waals surface area contributed by atoms with Gasteiger partial charge in [0.15, 0.2) is 5.78 Å². The first kappa shape index (κ1) is 16.7. The normalized spacial score (nSPS) is 17.7. The smallest absolute Gasteiger partial charge is 0.337 e. The summed E-state index contributed by atoms with van der Waals surface area (Å²) in [4.78, 5) is 23.7. The number of Topliss-reactive ketones (excluding diaryl/α,β-unsaturated/α-hetero) is 1. The van der Waals surface area contributed by atoms with Gasteiger partial charge >= 0.3 is 5.97 Å². The summed E-state index contributed by atoms with van der Waals surface area (Å²) in [7, 11) is 0. The van der Waals surface area contributed by atoms with Crippen molar-refractivity contribution in [1.82, 2.24) is 0 Å². The van der Waals surface area contributed by atoms with Crippen LogP contribution < -0.4 is 5.32 Å². The van der Waals surface area contributed by atoms with E-state index >= 15 is 0 Å². The average molecular weight is 433 g/mol. The third kappa shape index (κ3) is 3.51. The first-order chi connectivity index (χ1) is 11.6. The fourth-order valence-corrected chi connectivity index (χ4v) is 3.47. The number of halogens is 1. The third-order valence-corrected chi connectivity index (χ3v) is 5.36. The second kappa shape index (κ2) is 7.17. The van der Waals surface area contributed by atoms with Crippen LogP contribution in [0.1, 0.15) is 34.7 Å². The van der Waals surface area contributed by atoms with Crippen molar-refractivity contribution in [3.63, 3.8) is 0 Å². The molecule has 5 heteroatoms. The van der Waals surface area contributed by atoms with Crippen LogP contribution in [0.3, 0.4) is 0 Å². The predicted molar refractivity (Wildman–Crippen MR) is 101 cm³/mol. The monoisotopic (exact) mass is 433 g/mol. The number of hydrogen-bond acceptors (Lipinski definition) is 3. The first-order valence-electron chi connectivity index (χ1n) is 7.62. The maximum Gasteiger partial charge on any atom is 0.337 e. The highest BCUT2D eigenvalue weighted by molar-refractivity contribution is 14.1. The summed E-state index contributed by atoms with van der Waals surface area (Å²) < 4.78 is 0.653. The van der Waals surface area contributed by atoms with Gasteiger partial charge in [0.05, 0.1) is 14.8 Å². The van der Waals surface area contributed by atoms with Crippen LogP contribution in [0, 0.1) is 0 Å². The zero-order chi connectivity index (χ0) is 17.1. The van der Waals surface area contributed by atoms with Crippen LogP contribution in [0.15, 0.2) is 63.9 Å². The molecule has 0 fully saturated rings. The highest BCUT2D eigenvalue weighted by atomic mass is 127. The Hall–Kier alpha value is -2.15. The molecule has 0 saturated carbocycles. The van der Waals surface area contributed by atoms with Crippen molar-refractivity contribution in [2.45, 2.75) is 18.8 Å². The number of aromatic carboxylic acids is 1. The molecule has 1 aliphatic rings. The molecule has 0 amide bonds. The molecule has 0 heterocycles. The summed E-state index contributed by atoms with van der Waals surface area (Å²) in [6, 6.07) is 16.7. The Kier molecular flexibility index (Phi) is 4.99. The maximum absolute atomic E-state index is 12.4. The Morgan fingerprint density at radius 1 is 1.04 bits per heavy atom. The number of para-hydroxylation sites is 1. The molecule has 2 N–H and O–H groups in total. The van der Waals surface area contributed by atoms with E-state index in [2.05, 4.69) is 27.9 Å². The van der Waals surface area contributed by atoms with Crippen molar-refractivity contribution in [2.75, 3.05) is 5.32 Å². The molecule has 1 aliphatic carbocycles. The van der Waals surface area contributed by atoms with Gasteiger partial charge in [0.2, 0.25) is 0 Å². The lowest BCUT2D eigenvalue weighted by Gasteiger charge is -2.26. The van der Waals surface area contributed by atoms with E-state index in [4.69, 9.17) is 0 Å². The molecule has 24 heavy (non-hydrogen) atoms. The van der Waals surface area contributed by atoms with Crippen LogP contribution in [0.5, 0.6) is 0 Å². The molecule has 4 nitrogen and oxygen atoms in total. The molecule has 0 aliphatic heterocycles. The molecule has 0 radical (unpaired) electrons. The van der Waals surface area contributed by atoms with E-state index in [9.17, 15) is 14.7 Å². The van der Waals surface area contributed by atoms with E-state index in [-0.39, 0.29) is 17.3 Å². The molecule has 0 aromatic heterocycles. The molecule has 3 rings (SSSR count). The van der Waals surface area contributed by atoms with E-state index in [1.807, 2.05) is 30.3 Å². The zero-order valence-electron chi connectivity index (χ0n) is 12.8. The van der Waals surface area contributed by atoms with Gasteiger partial charge in [-0.2, -0.15) is 0 Å². The SMILES string of the molecule is O=C1CC(c2ccccc2)CC(Nc2ccccc2C(=O)O)=C1I. The molecule has 2 aromatic carbocycles. The molecular weight excluding hydrogens is 417 g/mol. The minimum absolute atomic E-state index is 0.0889. The Morgan fingerprint density at radius 2 is 1.71 bits per heavy atom. The van der Waals surface area contributed by atoms with Crippen molar-refractivity contribution >= 4 is 40.0 Å².